The Balaban J connectivity index is 1.95. The first-order chi connectivity index (χ1) is 20.0. The van der Waals surface area contributed by atoms with E-state index in [2.05, 4.69) is 16.0 Å². The van der Waals surface area contributed by atoms with Crippen LogP contribution in [0.2, 0.25) is 0 Å². The molecule has 11 nitrogen and oxygen atoms in total. The van der Waals surface area contributed by atoms with Gasteiger partial charge in [0.2, 0.25) is 23.6 Å². The summed E-state index contributed by atoms with van der Waals surface area (Å²) in [7, 11) is 1.50. The third-order valence-corrected chi connectivity index (χ3v) is 7.28. The van der Waals surface area contributed by atoms with Gasteiger partial charge in [-0.15, -0.1) is 0 Å². The van der Waals surface area contributed by atoms with Crippen molar-refractivity contribution in [1.82, 2.24) is 25.8 Å². The first-order valence-corrected chi connectivity index (χ1v) is 14.3. The highest BCUT2D eigenvalue weighted by Gasteiger charge is 2.33. The lowest BCUT2D eigenvalue weighted by Gasteiger charge is -2.30. The molecule has 2 aromatic carbocycles. The second-order valence-electron chi connectivity index (χ2n) is 11.0. The summed E-state index contributed by atoms with van der Waals surface area (Å²) in [5, 5.41) is 8.38. The minimum Gasteiger partial charge on any atom is -0.353 e. The van der Waals surface area contributed by atoms with Gasteiger partial charge in [0.1, 0.15) is 18.1 Å². The van der Waals surface area contributed by atoms with E-state index in [0.717, 1.165) is 11.1 Å². The average Bonchev–Trinajstić information content (AvgIpc) is 2.98. The Morgan fingerprint density at radius 1 is 0.952 bits per heavy atom. The van der Waals surface area contributed by atoms with Crippen molar-refractivity contribution in [1.29, 1.82) is 0 Å². The summed E-state index contributed by atoms with van der Waals surface area (Å²) in [4.78, 5) is 69.5. The molecule has 1 saturated heterocycles. The van der Waals surface area contributed by atoms with Crippen molar-refractivity contribution in [2.24, 2.45) is 11.7 Å². The number of nitrogens with one attached hydrogen (secondary N) is 3. The van der Waals surface area contributed by atoms with E-state index < -0.39 is 47.7 Å². The molecule has 5 amide bonds. The van der Waals surface area contributed by atoms with E-state index in [1.54, 1.807) is 31.2 Å². The fourth-order valence-corrected chi connectivity index (χ4v) is 4.77. The molecule has 0 aromatic heterocycles. The molecule has 0 unspecified atom stereocenters. The highest BCUT2D eigenvalue weighted by Crippen LogP contribution is 2.13. The molecule has 11 heteroatoms. The second kappa shape index (κ2) is 15.1. The van der Waals surface area contributed by atoms with Gasteiger partial charge in [0.25, 0.3) is 5.91 Å². The van der Waals surface area contributed by atoms with Crippen LogP contribution in [0.5, 0.6) is 0 Å². The number of nitrogens with two attached hydrogens (primary N) is 1. The van der Waals surface area contributed by atoms with Crippen LogP contribution < -0.4 is 21.7 Å². The van der Waals surface area contributed by atoms with Gasteiger partial charge in [-0.2, -0.15) is 0 Å². The molecule has 1 aliphatic rings. The predicted octanol–water partition coefficient (Wildman–Crippen LogP) is 0.823. The van der Waals surface area contributed by atoms with Gasteiger partial charge in [-0.3, -0.25) is 24.0 Å². The molecule has 5 N–H and O–H groups in total. The summed E-state index contributed by atoms with van der Waals surface area (Å²) in [5.74, 6) is -2.25. The first kappa shape index (κ1) is 32.3. The number of hydrogen-bond donors (Lipinski definition) is 4. The van der Waals surface area contributed by atoms with Gasteiger partial charge in [-0.25, -0.2) is 0 Å². The number of benzene rings is 2. The van der Waals surface area contributed by atoms with E-state index in [9.17, 15) is 24.0 Å². The zero-order valence-corrected chi connectivity index (χ0v) is 24.8. The number of carbonyl (C=O) groups is 5. The van der Waals surface area contributed by atoms with Crippen LogP contribution in [0, 0.1) is 5.92 Å². The quantitative estimate of drug-likeness (QED) is 0.398. The van der Waals surface area contributed by atoms with Crippen molar-refractivity contribution in [3.8, 4) is 0 Å². The molecule has 0 spiro atoms. The number of likely N-dealkylation sites (N-methyl/N-ethyl adjacent to an activating group) is 1. The third-order valence-electron chi connectivity index (χ3n) is 7.28. The van der Waals surface area contributed by atoms with Gasteiger partial charge in [0, 0.05) is 38.7 Å². The Morgan fingerprint density at radius 2 is 1.64 bits per heavy atom. The summed E-state index contributed by atoms with van der Waals surface area (Å²) in [6.07, 6.45) is 0.569. The van der Waals surface area contributed by atoms with E-state index in [4.69, 9.17) is 5.73 Å². The largest absolute Gasteiger partial charge is 0.353 e. The number of amides is 5. The van der Waals surface area contributed by atoms with Crippen LogP contribution in [-0.4, -0.2) is 84.1 Å². The number of rotatable bonds is 6. The summed E-state index contributed by atoms with van der Waals surface area (Å²) in [5.41, 5.74) is 7.71. The Hall–Kier alpha value is -4.25. The maximum atomic E-state index is 13.5. The smallest absolute Gasteiger partial charge is 0.254 e. The molecule has 0 bridgehead atoms. The lowest BCUT2D eigenvalue weighted by Crippen LogP contribution is -2.57. The van der Waals surface area contributed by atoms with Crippen molar-refractivity contribution >= 4 is 29.5 Å². The molecule has 42 heavy (non-hydrogen) atoms. The zero-order chi connectivity index (χ0) is 30.8. The first-order valence-electron chi connectivity index (χ1n) is 14.3. The molecular formula is C31H42N6O5. The van der Waals surface area contributed by atoms with Crippen molar-refractivity contribution in [2.45, 2.75) is 58.3 Å². The van der Waals surface area contributed by atoms with Gasteiger partial charge >= 0.3 is 0 Å². The van der Waals surface area contributed by atoms with Crippen LogP contribution in [0.3, 0.4) is 0 Å². The van der Waals surface area contributed by atoms with Gasteiger partial charge in [0.15, 0.2) is 0 Å². The predicted molar refractivity (Wildman–Crippen MR) is 159 cm³/mol. The molecule has 2 aromatic rings. The minimum absolute atomic E-state index is 0.0238. The third kappa shape index (κ3) is 8.87. The van der Waals surface area contributed by atoms with Gasteiger partial charge in [-0.1, -0.05) is 56.3 Å². The summed E-state index contributed by atoms with van der Waals surface area (Å²) in [6.45, 7) is 5.42. The second-order valence-corrected chi connectivity index (χ2v) is 11.0. The minimum atomic E-state index is -0.924. The van der Waals surface area contributed by atoms with Gasteiger partial charge in [0.05, 0.1) is 6.54 Å². The van der Waals surface area contributed by atoms with Crippen LogP contribution >= 0.6 is 0 Å². The van der Waals surface area contributed by atoms with Crippen molar-refractivity contribution in [3.05, 3.63) is 71.3 Å². The number of nitrogens with zero attached hydrogens (tertiary/aromatic N) is 2. The van der Waals surface area contributed by atoms with E-state index in [-0.39, 0.29) is 38.5 Å². The molecule has 3 atom stereocenters. The highest BCUT2D eigenvalue weighted by molar-refractivity contribution is 5.98. The van der Waals surface area contributed by atoms with Crippen molar-refractivity contribution in [2.75, 3.05) is 26.7 Å². The van der Waals surface area contributed by atoms with Crippen molar-refractivity contribution < 1.29 is 24.0 Å². The van der Waals surface area contributed by atoms with E-state index in [1.165, 1.54) is 16.8 Å². The fourth-order valence-electron chi connectivity index (χ4n) is 4.77. The Bertz CT molecular complexity index is 1270. The molecule has 0 radical (unpaired) electrons. The fraction of sp³-hybridized carbons (Fsp3) is 0.452. The molecule has 226 valence electrons. The zero-order valence-electron chi connectivity index (χ0n) is 24.8. The molecule has 3 rings (SSSR count). The van der Waals surface area contributed by atoms with E-state index >= 15 is 0 Å². The topological polar surface area (TPSA) is 154 Å². The van der Waals surface area contributed by atoms with E-state index in [0.29, 0.717) is 12.0 Å². The molecule has 1 fully saturated rings. The molecule has 0 aliphatic carbocycles. The summed E-state index contributed by atoms with van der Waals surface area (Å²) in [6, 6.07) is 13.4. The SMILES string of the molecule is CC(C)C[C@@H]1NC(=O)CN(C(=O)c2cccc(CN)c2)CCNC(=O)[C@H](Cc2ccccc2)NC(=O)[C@H](C)N(C)C1=O. The summed E-state index contributed by atoms with van der Waals surface area (Å²) >= 11 is 0. The number of hydrogen-bond acceptors (Lipinski definition) is 6. The van der Waals surface area contributed by atoms with Crippen LogP contribution in [0.1, 0.15) is 48.7 Å². The van der Waals surface area contributed by atoms with Crippen LogP contribution in [0.4, 0.5) is 0 Å². The maximum Gasteiger partial charge on any atom is 0.254 e. The van der Waals surface area contributed by atoms with Crippen molar-refractivity contribution in [3.63, 3.8) is 0 Å². The highest BCUT2D eigenvalue weighted by atomic mass is 16.2. The Kier molecular flexibility index (Phi) is 11.6. The van der Waals surface area contributed by atoms with E-state index in [1.807, 2.05) is 44.2 Å². The lowest BCUT2D eigenvalue weighted by atomic mass is 10.0. The Labute approximate surface area is 247 Å². The summed E-state index contributed by atoms with van der Waals surface area (Å²) < 4.78 is 0. The lowest BCUT2D eigenvalue weighted by molar-refractivity contribution is -0.142. The normalized spacial score (nSPS) is 21.2. The monoisotopic (exact) mass is 578 g/mol. The number of carbonyl (C=O) groups excluding carboxylic acids is 5. The molecule has 0 saturated carbocycles. The maximum absolute atomic E-state index is 13.5. The van der Waals surface area contributed by atoms with Gasteiger partial charge in [-0.05, 0) is 42.5 Å². The standard InChI is InChI=1S/C31H42N6O5/c1-20(2)15-26-31(42)36(4)21(3)28(39)35-25(17-22-9-6-5-7-10-22)29(40)33-13-14-37(19-27(38)34-26)30(41)24-12-8-11-23(16-24)18-32/h5-12,16,20-21,25-26H,13-15,17-19,32H2,1-4H3,(H,33,40)(H,34,38)(H,35,39)/t21-,25-,26-/m0/s1. The molecular weight excluding hydrogens is 536 g/mol. The average molecular weight is 579 g/mol. The molecule has 1 heterocycles. The Morgan fingerprint density at radius 3 is 2.31 bits per heavy atom. The van der Waals surface area contributed by atoms with Crippen LogP contribution in [0.15, 0.2) is 54.6 Å². The van der Waals surface area contributed by atoms with Crippen LogP contribution in [0.25, 0.3) is 0 Å². The van der Waals surface area contributed by atoms with Gasteiger partial charge < -0.3 is 31.5 Å². The molecule has 1 aliphatic heterocycles. The van der Waals surface area contributed by atoms with Crippen LogP contribution in [-0.2, 0) is 32.1 Å².